The number of imidazole rings is 2. The van der Waals surface area contributed by atoms with E-state index in [2.05, 4.69) is 243 Å². The molecule has 6 aromatic rings. The van der Waals surface area contributed by atoms with Crippen LogP contribution in [0, 0.1) is 0 Å². The molecule has 16 heteroatoms. The normalized spacial score (nSPS) is 11.1. The molecule has 2 aromatic heterocycles. The Morgan fingerprint density at radius 3 is 0.646 bits per heavy atom. The fraction of sp³-hybridized carbons (Fsp3) is 0.545. The van der Waals surface area contributed by atoms with Crippen LogP contribution in [-0.4, -0.2) is 123 Å². The van der Waals surface area contributed by atoms with E-state index >= 15 is 0 Å². The standard InChI is InChI=1S/2C27H41B2N2.3C4H10O2.2Li/c2*1-16(2)20-11-9-12-21(17(3)4)25(20)30-15-24(28)31(27(30)29)26-22(18(5)6)13-10-14-23(26)19(7)8;3*1-5-3-4-6-2;;/h2*9-19H,1-8,28-29H3;3*3-4H2,1-2H3;;/q2*-1;;;;2*+1. The zero-order valence-electron chi connectivity index (χ0n) is 53.2. The summed E-state index contributed by atoms with van der Waals surface area (Å²) in [6, 6.07) is 27.9. The summed E-state index contributed by atoms with van der Waals surface area (Å²) in [6.07, 6.45) is 5.02. The third-order valence-corrected chi connectivity index (χ3v) is 12.8. The Hall–Kier alpha value is -3.49. The van der Waals surface area contributed by atoms with Gasteiger partial charge in [0.15, 0.2) is 0 Å². The fourth-order valence-electron chi connectivity index (χ4n) is 8.64. The summed E-state index contributed by atoms with van der Waals surface area (Å²) < 4.78 is 38.6. The molecule has 6 rings (SSSR count). The minimum atomic E-state index is -0.0353. The van der Waals surface area contributed by atoms with Crippen LogP contribution in [0.2, 0.25) is 0 Å². The molecule has 0 aliphatic heterocycles. The van der Waals surface area contributed by atoms with E-state index in [9.17, 15) is 0 Å². The Balaban J connectivity index is 0.00000121. The largest absolute Gasteiger partial charge is 1.00 e. The van der Waals surface area contributed by atoms with Gasteiger partial charge in [-0.1, -0.05) is 184 Å². The number of nitrogens with zero attached hydrogens (tertiary/aromatic N) is 4. The summed E-state index contributed by atoms with van der Waals surface area (Å²) in [5, 5.41) is 0. The van der Waals surface area contributed by atoms with Gasteiger partial charge in [-0.25, -0.2) is 9.13 Å². The third-order valence-electron chi connectivity index (χ3n) is 12.8. The van der Waals surface area contributed by atoms with E-state index in [0.717, 1.165) is 0 Å². The van der Waals surface area contributed by atoms with Gasteiger partial charge in [0, 0.05) is 103 Å². The van der Waals surface area contributed by atoms with E-state index in [0.29, 0.717) is 87.0 Å². The average Bonchev–Trinajstić information content (AvgIpc) is 3.88. The van der Waals surface area contributed by atoms with E-state index in [4.69, 9.17) is 0 Å². The molecular formula is C66H112B4Li2N4O6. The van der Waals surface area contributed by atoms with Crippen molar-refractivity contribution in [3.63, 3.8) is 0 Å². The van der Waals surface area contributed by atoms with Gasteiger partial charge in [0.2, 0.25) is 0 Å². The van der Waals surface area contributed by atoms with Crippen molar-refractivity contribution in [3.8, 4) is 22.7 Å². The van der Waals surface area contributed by atoms with Crippen LogP contribution >= 0.6 is 0 Å². The van der Waals surface area contributed by atoms with Crippen molar-refractivity contribution in [2.24, 2.45) is 0 Å². The smallest absolute Gasteiger partial charge is 0.382 e. The molecule has 0 saturated carbocycles. The summed E-state index contributed by atoms with van der Waals surface area (Å²) in [4.78, 5) is 0. The van der Waals surface area contributed by atoms with Gasteiger partial charge in [-0.2, -0.15) is 0 Å². The first-order valence-electron chi connectivity index (χ1n) is 27.5. The first kappa shape index (κ1) is 78.5. The van der Waals surface area contributed by atoms with E-state index in [1.54, 1.807) is 65.3 Å². The molecule has 0 bridgehead atoms. The third kappa shape index (κ3) is 21.8. The van der Waals surface area contributed by atoms with Crippen molar-refractivity contribution < 1.29 is 75.3 Å². The van der Waals surface area contributed by atoms with E-state index < -0.39 is 0 Å². The van der Waals surface area contributed by atoms with E-state index in [1.165, 1.54) is 67.3 Å². The van der Waals surface area contributed by atoms with Crippen LogP contribution in [0.3, 0.4) is 0 Å². The Morgan fingerprint density at radius 1 is 0.317 bits per heavy atom. The van der Waals surface area contributed by atoms with Gasteiger partial charge < -0.3 is 28.4 Å². The van der Waals surface area contributed by atoms with Gasteiger partial charge in [0.25, 0.3) is 0 Å². The number of benzene rings is 4. The monoisotopic (exact) mass is 1110 g/mol. The Kier molecular flexibility index (Phi) is 38.3. The van der Waals surface area contributed by atoms with Gasteiger partial charge in [-0.3, -0.25) is 9.13 Å². The maximum atomic E-state index is 4.66. The fourth-order valence-corrected chi connectivity index (χ4v) is 8.64. The topological polar surface area (TPSA) is 73.0 Å². The number of hydrogen-bond acceptors (Lipinski definition) is 6. The number of ether oxygens (including phenoxy) is 6. The minimum absolute atomic E-state index is 0. The summed E-state index contributed by atoms with van der Waals surface area (Å²) in [5.41, 5.74) is 24.2. The molecule has 4 aromatic carbocycles. The molecular weight excluding hydrogens is 1000 g/mol. The Labute approximate surface area is 527 Å². The van der Waals surface area contributed by atoms with Crippen molar-refractivity contribution >= 4 is 54.0 Å². The second-order valence-electron chi connectivity index (χ2n) is 21.5. The predicted octanol–water partition coefficient (Wildman–Crippen LogP) is 1.30. The summed E-state index contributed by atoms with van der Waals surface area (Å²) in [7, 11) is 9.92. The molecule has 0 fully saturated rings. The quantitative estimate of drug-likeness (QED) is 0.0616. The molecule has 82 heavy (non-hydrogen) atoms. The molecule has 0 aliphatic rings. The van der Waals surface area contributed by atoms with Crippen molar-refractivity contribution in [2.75, 3.05) is 82.3 Å². The Morgan fingerprint density at radius 2 is 0.488 bits per heavy atom. The van der Waals surface area contributed by atoms with Gasteiger partial charge in [0.05, 0.1) is 79.2 Å². The zero-order valence-corrected chi connectivity index (χ0v) is 53.2. The second kappa shape index (κ2) is 40.0. The number of aromatic nitrogens is 4. The number of hydrogen-bond donors (Lipinski definition) is 0. The second-order valence-corrected chi connectivity index (χ2v) is 21.5. The molecule has 0 aliphatic carbocycles. The van der Waals surface area contributed by atoms with Gasteiger partial charge >= 0.3 is 37.7 Å². The summed E-state index contributed by atoms with van der Waals surface area (Å²) >= 11 is 0. The van der Waals surface area contributed by atoms with Crippen molar-refractivity contribution in [3.05, 3.63) is 130 Å². The molecule has 10 nitrogen and oxygen atoms in total. The van der Waals surface area contributed by atoms with Crippen molar-refractivity contribution in [2.45, 2.75) is 158 Å². The van der Waals surface area contributed by atoms with Crippen LogP contribution in [-0.2, 0) is 28.4 Å². The Bertz CT molecular complexity index is 2450. The number of methoxy groups -OCH3 is 6. The SMILES string of the molecule is COCCOC.COCCOC.COCCOC.[BH3-]c1c[n+](-c2c(C(C)C)cccc2C(C)C)c([BH3-])n1-c1c(C(C)C)cccc1C(C)C.[BH3-]c1c[n+](-c2c(C(C)C)cccc2C(C)C)c([BH3-])n1-c1c(C(C)C)cccc1C(C)C.[Li+].[Li+]. The van der Waals surface area contributed by atoms with Crippen LogP contribution in [0.5, 0.6) is 0 Å². The average molecular weight is 1110 g/mol. The minimum Gasteiger partial charge on any atom is -0.382 e. The van der Waals surface area contributed by atoms with E-state index in [1.807, 2.05) is 0 Å². The summed E-state index contributed by atoms with van der Waals surface area (Å²) in [6.45, 7) is 41.6. The first-order chi connectivity index (χ1) is 37.9. The van der Waals surface area contributed by atoms with Crippen LogP contribution < -0.4 is 69.5 Å². The molecule has 0 radical (unpaired) electrons. The number of para-hydroxylation sites is 4. The van der Waals surface area contributed by atoms with Crippen LogP contribution in [0.1, 0.15) is 203 Å². The zero-order chi connectivity index (χ0) is 60.6. The number of rotatable bonds is 21. The molecule has 0 amide bonds. The molecule has 0 N–H and O–H groups in total. The summed E-state index contributed by atoms with van der Waals surface area (Å²) in [5.74, 6) is 4.18. The van der Waals surface area contributed by atoms with Crippen molar-refractivity contribution in [1.29, 1.82) is 0 Å². The van der Waals surface area contributed by atoms with Gasteiger partial charge in [0.1, 0.15) is 22.7 Å². The van der Waals surface area contributed by atoms with Crippen LogP contribution in [0.25, 0.3) is 22.7 Å². The molecule has 446 valence electrons. The molecule has 2 heterocycles. The van der Waals surface area contributed by atoms with Gasteiger partial charge in [-0.15, -0.1) is 0 Å². The maximum absolute atomic E-state index is 4.66. The molecule has 0 atom stereocenters. The van der Waals surface area contributed by atoms with Crippen molar-refractivity contribution in [1.82, 2.24) is 9.13 Å². The predicted molar refractivity (Wildman–Crippen MR) is 357 cm³/mol. The maximum Gasteiger partial charge on any atom is 1.00 e. The van der Waals surface area contributed by atoms with Gasteiger partial charge in [-0.05, 0) is 58.5 Å². The molecule has 0 saturated heterocycles. The van der Waals surface area contributed by atoms with Crippen LogP contribution in [0.4, 0.5) is 0 Å². The van der Waals surface area contributed by atoms with E-state index in [-0.39, 0.29) is 69.1 Å². The van der Waals surface area contributed by atoms with Crippen LogP contribution in [0.15, 0.2) is 85.2 Å². The first-order valence-corrected chi connectivity index (χ1v) is 27.5. The molecule has 0 spiro atoms. The molecule has 0 unspecified atom stereocenters.